The molecule has 0 atom stereocenters. The predicted octanol–water partition coefficient (Wildman–Crippen LogP) is 4.32. The van der Waals surface area contributed by atoms with Gasteiger partial charge in [0.2, 0.25) is 10.0 Å². The molecule has 0 N–H and O–H groups in total. The number of methoxy groups -OCH3 is 1. The Morgan fingerprint density at radius 3 is 2.20 bits per heavy atom. The number of nitrogens with zero attached hydrogens (tertiary/aromatic N) is 4. The Hall–Kier alpha value is -2.53. The quantitative estimate of drug-likeness (QED) is 0.355. The fourth-order valence-corrected chi connectivity index (χ4v) is 6.29. The first-order chi connectivity index (χ1) is 16.7. The summed E-state index contributed by atoms with van der Waals surface area (Å²) in [6.07, 6.45) is 1.48. The minimum atomic E-state index is -3.61. The summed E-state index contributed by atoms with van der Waals surface area (Å²) in [5, 5.41) is 0.592. The van der Waals surface area contributed by atoms with Crippen molar-refractivity contribution in [1.82, 2.24) is 14.2 Å². The van der Waals surface area contributed by atoms with Crippen LogP contribution in [0, 0.1) is 0 Å². The fourth-order valence-electron chi connectivity index (χ4n) is 3.64. The lowest BCUT2D eigenvalue weighted by molar-refractivity contribution is 0.0985. The maximum Gasteiger partial charge on any atom is 0.260 e. The molecular formula is C25H34N4O4S2. The van der Waals surface area contributed by atoms with Crippen LogP contribution in [0.1, 0.15) is 37.0 Å². The zero-order valence-electron chi connectivity index (χ0n) is 21.0. The van der Waals surface area contributed by atoms with Crippen LogP contribution in [0.5, 0.6) is 5.75 Å². The summed E-state index contributed by atoms with van der Waals surface area (Å²) in [5.74, 6) is 0.511. The molecule has 1 amide bonds. The highest BCUT2D eigenvalue weighted by atomic mass is 32.2. The normalized spacial score (nSPS) is 12.0. The second-order valence-electron chi connectivity index (χ2n) is 8.52. The van der Waals surface area contributed by atoms with E-state index in [9.17, 15) is 13.2 Å². The number of hydrogen-bond acceptors (Lipinski definition) is 7. The lowest BCUT2D eigenvalue weighted by Crippen LogP contribution is -2.36. The monoisotopic (exact) mass is 518 g/mol. The van der Waals surface area contributed by atoms with E-state index in [1.54, 1.807) is 24.1 Å². The van der Waals surface area contributed by atoms with Crippen molar-refractivity contribution >= 4 is 42.6 Å². The highest BCUT2D eigenvalue weighted by molar-refractivity contribution is 7.89. The molecule has 0 aliphatic carbocycles. The van der Waals surface area contributed by atoms with Crippen LogP contribution in [-0.4, -0.2) is 75.9 Å². The van der Waals surface area contributed by atoms with Gasteiger partial charge in [-0.15, -0.1) is 0 Å². The molecule has 2 aromatic carbocycles. The number of sulfonamides is 1. The number of fused-ring (bicyclic) bond motifs is 1. The van der Waals surface area contributed by atoms with E-state index in [4.69, 9.17) is 4.74 Å². The molecule has 0 saturated carbocycles. The Labute approximate surface area is 212 Å². The molecule has 0 unspecified atom stereocenters. The Balaban J connectivity index is 1.92. The first-order valence-corrected chi connectivity index (χ1v) is 14.0. The summed E-state index contributed by atoms with van der Waals surface area (Å²) in [6.45, 7) is 5.96. The lowest BCUT2D eigenvalue weighted by atomic mass is 10.2. The number of carbonyl (C=O) groups is 1. The summed E-state index contributed by atoms with van der Waals surface area (Å²) in [7, 11) is 1.91. The molecule has 0 bridgehead atoms. The van der Waals surface area contributed by atoms with E-state index in [0.717, 1.165) is 28.8 Å². The van der Waals surface area contributed by atoms with Crippen LogP contribution in [0.2, 0.25) is 0 Å². The van der Waals surface area contributed by atoms with Crippen LogP contribution in [0.3, 0.4) is 0 Å². The van der Waals surface area contributed by atoms with Gasteiger partial charge in [-0.3, -0.25) is 9.69 Å². The summed E-state index contributed by atoms with van der Waals surface area (Å²) < 4.78 is 33.9. The van der Waals surface area contributed by atoms with E-state index in [1.165, 1.54) is 27.8 Å². The second kappa shape index (κ2) is 11.9. The molecule has 1 aromatic heterocycles. The average molecular weight is 519 g/mol. The van der Waals surface area contributed by atoms with E-state index in [1.807, 2.05) is 51.0 Å². The maximum absolute atomic E-state index is 13.5. The fraction of sp³-hybridized carbons (Fsp3) is 0.440. The van der Waals surface area contributed by atoms with E-state index in [-0.39, 0.29) is 10.8 Å². The van der Waals surface area contributed by atoms with E-state index >= 15 is 0 Å². The summed E-state index contributed by atoms with van der Waals surface area (Å²) in [5.41, 5.74) is 1.21. The second-order valence-corrected chi connectivity index (χ2v) is 11.5. The van der Waals surface area contributed by atoms with Crippen LogP contribution >= 0.6 is 11.3 Å². The lowest BCUT2D eigenvalue weighted by Gasteiger charge is -2.23. The Morgan fingerprint density at radius 2 is 1.63 bits per heavy atom. The first kappa shape index (κ1) is 27.1. The molecule has 8 nitrogen and oxygen atoms in total. The van der Waals surface area contributed by atoms with Crippen molar-refractivity contribution in [1.29, 1.82) is 0 Å². The van der Waals surface area contributed by atoms with Crippen LogP contribution in [-0.2, 0) is 10.0 Å². The molecule has 3 rings (SSSR count). The molecule has 0 saturated heterocycles. The van der Waals surface area contributed by atoms with Gasteiger partial charge in [0.05, 0.1) is 22.2 Å². The summed E-state index contributed by atoms with van der Waals surface area (Å²) in [4.78, 5) is 22.1. The van der Waals surface area contributed by atoms with E-state index in [0.29, 0.717) is 36.9 Å². The number of ether oxygens (including phenoxy) is 1. The minimum Gasteiger partial charge on any atom is -0.497 e. The molecule has 0 aliphatic heterocycles. The molecular weight excluding hydrogens is 484 g/mol. The number of thiazole rings is 1. The molecule has 10 heteroatoms. The molecule has 3 aromatic rings. The molecule has 0 aliphatic rings. The van der Waals surface area contributed by atoms with Crippen molar-refractivity contribution in [2.24, 2.45) is 0 Å². The Morgan fingerprint density at radius 1 is 0.971 bits per heavy atom. The van der Waals surface area contributed by atoms with Gasteiger partial charge in [-0.2, -0.15) is 4.31 Å². The van der Waals surface area contributed by atoms with Gasteiger partial charge >= 0.3 is 0 Å². The molecule has 0 spiro atoms. The smallest absolute Gasteiger partial charge is 0.260 e. The van der Waals surface area contributed by atoms with Crippen molar-refractivity contribution in [2.75, 3.05) is 52.3 Å². The van der Waals surface area contributed by atoms with Crippen LogP contribution in [0.15, 0.2) is 47.4 Å². The zero-order chi connectivity index (χ0) is 25.6. The average Bonchev–Trinajstić information content (AvgIpc) is 3.26. The van der Waals surface area contributed by atoms with Gasteiger partial charge < -0.3 is 9.64 Å². The highest BCUT2D eigenvalue weighted by Crippen LogP contribution is 2.32. The van der Waals surface area contributed by atoms with Gasteiger partial charge in [0.15, 0.2) is 5.13 Å². The number of likely N-dealkylation sites (N-methyl/N-ethyl adjacent to an activating group) is 1. The van der Waals surface area contributed by atoms with Crippen LogP contribution in [0.25, 0.3) is 10.2 Å². The number of aromatic nitrogens is 1. The molecule has 0 fully saturated rings. The third-order valence-corrected chi connectivity index (χ3v) is 8.47. The van der Waals surface area contributed by atoms with Crippen molar-refractivity contribution in [3.05, 3.63) is 48.0 Å². The Kier molecular flexibility index (Phi) is 9.23. The van der Waals surface area contributed by atoms with Gasteiger partial charge in [-0.25, -0.2) is 13.4 Å². The molecule has 190 valence electrons. The van der Waals surface area contributed by atoms with Crippen molar-refractivity contribution < 1.29 is 17.9 Å². The van der Waals surface area contributed by atoms with Gasteiger partial charge in [0, 0.05) is 31.7 Å². The maximum atomic E-state index is 13.5. The molecule has 0 radical (unpaired) electrons. The predicted molar refractivity (Wildman–Crippen MR) is 142 cm³/mol. The molecule has 35 heavy (non-hydrogen) atoms. The van der Waals surface area contributed by atoms with E-state index < -0.39 is 10.0 Å². The Bertz CT molecular complexity index is 1230. The zero-order valence-corrected chi connectivity index (χ0v) is 22.7. The van der Waals surface area contributed by atoms with Gasteiger partial charge in [0.1, 0.15) is 5.75 Å². The number of rotatable bonds is 12. The van der Waals surface area contributed by atoms with Crippen molar-refractivity contribution in [2.45, 2.75) is 31.6 Å². The number of anilines is 1. The number of benzene rings is 2. The number of carbonyl (C=O) groups excluding carboxylic acids is 1. The standard InChI is InChI=1S/C25H34N4O4S2/c1-6-14-28(15-7-2)35(31,32)21-11-8-19(9-12-21)24(30)29(17-16-27(3)4)25-26-22-13-10-20(33-5)18-23(22)34-25/h8-13,18H,6-7,14-17H2,1-5H3. The first-order valence-electron chi connectivity index (χ1n) is 11.7. The minimum absolute atomic E-state index is 0.197. The third kappa shape index (κ3) is 6.38. The topological polar surface area (TPSA) is 83.1 Å². The van der Waals surface area contributed by atoms with E-state index in [2.05, 4.69) is 4.98 Å². The van der Waals surface area contributed by atoms with Gasteiger partial charge in [-0.1, -0.05) is 25.2 Å². The summed E-state index contributed by atoms with van der Waals surface area (Å²) in [6, 6.07) is 11.8. The van der Waals surface area contributed by atoms with Crippen LogP contribution in [0.4, 0.5) is 5.13 Å². The highest BCUT2D eigenvalue weighted by Gasteiger charge is 2.25. The number of hydrogen-bond donors (Lipinski definition) is 0. The largest absolute Gasteiger partial charge is 0.497 e. The van der Waals surface area contributed by atoms with Crippen LogP contribution < -0.4 is 9.64 Å². The number of amides is 1. The SMILES string of the molecule is CCCN(CCC)S(=O)(=O)c1ccc(C(=O)N(CCN(C)C)c2nc3ccc(OC)cc3s2)cc1. The molecule has 1 heterocycles. The van der Waals surface area contributed by atoms with Crippen molar-refractivity contribution in [3.8, 4) is 5.75 Å². The van der Waals surface area contributed by atoms with Gasteiger partial charge in [0.25, 0.3) is 5.91 Å². The third-order valence-electron chi connectivity index (χ3n) is 5.52. The van der Waals surface area contributed by atoms with Gasteiger partial charge in [-0.05, 0) is 69.4 Å². The van der Waals surface area contributed by atoms with Crippen molar-refractivity contribution in [3.63, 3.8) is 0 Å². The summed E-state index contributed by atoms with van der Waals surface area (Å²) >= 11 is 1.42.